The van der Waals surface area contributed by atoms with Crippen LogP contribution in [0.5, 0.6) is 11.5 Å². The van der Waals surface area contributed by atoms with Gasteiger partial charge in [-0.15, -0.1) is 11.3 Å². The first-order chi connectivity index (χ1) is 11.0. The van der Waals surface area contributed by atoms with Gasteiger partial charge in [-0.1, -0.05) is 26.0 Å². The van der Waals surface area contributed by atoms with Gasteiger partial charge in [-0.05, 0) is 35.1 Å². The third-order valence-corrected chi connectivity index (χ3v) is 4.60. The van der Waals surface area contributed by atoms with E-state index in [9.17, 15) is 4.79 Å². The summed E-state index contributed by atoms with van der Waals surface area (Å²) in [6.45, 7) is 4.22. The number of amides is 1. The molecule has 1 N–H and O–H groups in total. The number of rotatable bonds is 7. The lowest BCUT2D eigenvalue weighted by molar-refractivity contribution is -0.121. The van der Waals surface area contributed by atoms with E-state index >= 15 is 0 Å². The second kappa shape index (κ2) is 8.02. The number of thiophene rings is 1. The van der Waals surface area contributed by atoms with Crippen molar-refractivity contribution in [3.8, 4) is 11.5 Å². The molecule has 0 spiro atoms. The van der Waals surface area contributed by atoms with Gasteiger partial charge in [-0.25, -0.2) is 0 Å². The minimum Gasteiger partial charge on any atom is -0.493 e. The lowest BCUT2D eigenvalue weighted by Crippen LogP contribution is -2.32. The van der Waals surface area contributed by atoms with Crippen molar-refractivity contribution in [1.82, 2.24) is 5.32 Å². The number of methoxy groups -OCH3 is 2. The lowest BCUT2D eigenvalue weighted by atomic mass is 10.0. The summed E-state index contributed by atoms with van der Waals surface area (Å²) < 4.78 is 10.5. The highest BCUT2D eigenvalue weighted by Crippen LogP contribution is 2.28. The van der Waals surface area contributed by atoms with Gasteiger partial charge >= 0.3 is 0 Å². The fourth-order valence-corrected chi connectivity index (χ4v) is 3.38. The molecule has 124 valence electrons. The van der Waals surface area contributed by atoms with Gasteiger partial charge in [0.25, 0.3) is 0 Å². The molecule has 1 atom stereocenters. The first-order valence-electron chi connectivity index (χ1n) is 7.58. The Labute approximate surface area is 141 Å². The quantitative estimate of drug-likeness (QED) is 0.838. The van der Waals surface area contributed by atoms with Gasteiger partial charge in [0.15, 0.2) is 11.5 Å². The molecule has 1 amide bonds. The SMILES string of the molecule is COc1ccc(CC(=O)NC(c2cccs2)C(C)C)cc1OC. The Kier molecular flexibility index (Phi) is 6.04. The maximum absolute atomic E-state index is 12.4. The number of benzene rings is 1. The lowest BCUT2D eigenvalue weighted by Gasteiger charge is -2.21. The van der Waals surface area contributed by atoms with Crippen molar-refractivity contribution in [1.29, 1.82) is 0 Å². The largest absolute Gasteiger partial charge is 0.493 e. The van der Waals surface area contributed by atoms with E-state index in [-0.39, 0.29) is 11.9 Å². The molecule has 0 aliphatic carbocycles. The smallest absolute Gasteiger partial charge is 0.224 e. The molecule has 23 heavy (non-hydrogen) atoms. The van der Waals surface area contributed by atoms with Crippen molar-refractivity contribution in [2.75, 3.05) is 14.2 Å². The number of carbonyl (C=O) groups is 1. The molecular weight excluding hydrogens is 310 g/mol. The number of ether oxygens (including phenoxy) is 2. The molecular formula is C18H23NO3S. The Morgan fingerprint density at radius 2 is 1.91 bits per heavy atom. The van der Waals surface area contributed by atoms with Crippen molar-refractivity contribution >= 4 is 17.2 Å². The molecule has 0 radical (unpaired) electrons. The normalized spacial score (nSPS) is 12.0. The molecule has 2 rings (SSSR count). The summed E-state index contributed by atoms with van der Waals surface area (Å²) in [5, 5.41) is 5.17. The summed E-state index contributed by atoms with van der Waals surface area (Å²) in [5.74, 6) is 1.64. The second-order valence-corrected chi connectivity index (χ2v) is 6.65. The summed E-state index contributed by atoms with van der Waals surface area (Å²) in [6, 6.07) is 9.66. The van der Waals surface area contributed by atoms with Crippen LogP contribution in [-0.4, -0.2) is 20.1 Å². The van der Waals surface area contributed by atoms with Crippen LogP contribution in [-0.2, 0) is 11.2 Å². The zero-order valence-electron chi connectivity index (χ0n) is 14.0. The molecule has 0 aliphatic rings. The number of nitrogens with one attached hydrogen (secondary N) is 1. The summed E-state index contributed by atoms with van der Waals surface area (Å²) in [7, 11) is 3.19. The van der Waals surface area contributed by atoms with Crippen LogP contribution in [0, 0.1) is 5.92 Å². The first kappa shape index (κ1) is 17.3. The fourth-order valence-electron chi connectivity index (χ4n) is 2.44. The molecule has 1 aromatic carbocycles. The topological polar surface area (TPSA) is 47.6 Å². The van der Waals surface area contributed by atoms with Crippen LogP contribution >= 0.6 is 11.3 Å². The molecule has 0 bridgehead atoms. The van der Waals surface area contributed by atoms with E-state index in [0.29, 0.717) is 23.8 Å². The van der Waals surface area contributed by atoms with Crippen LogP contribution in [0.25, 0.3) is 0 Å². The standard InChI is InChI=1S/C18H23NO3S/c1-12(2)18(16-6-5-9-23-16)19-17(20)11-13-7-8-14(21-3)15(10-13)22-4/h5-10,12,18H,11H2,1-4H3,(H,19,20). The zero-order valence-corrected chi connectivity index (χ0v) is 14.8. The zero-order chi connectivity index (χ0) is 16.8. The average molecular weight is 333 g/mol. The summed E-state index contributed by atoms with van der Waals surface area (Å²) in [6.07, 6.45) is 0.314. The predicted molar refractivity (Wildman–Crippen MR) is 93.3 cm³/mol. The van der Waals surface area contributed by atoms with Crippen molar-refractivity contribution in [2.45, 2.75) is 26.3 Å². The van der Waals surface area contributed by atoms with Gasteiger partial charge < -0.3 is 14.8 Å². The molecule has 1 unspecified atom stereocenters. The molecule has 0 saturated heterocycles. The molecule has 0 aliphatic heterocycles. The second-order valence-electron chi connectivity index (χ2n) is 5.67. The van der Waals surface area contributed by atoms with Crippen LogP contribution in [0.4, 0.5) is 0 Å². The van der Waals surface area contributed by atoms with Gasteiger partial charge in [-0.2, -0.15) is 0 Å². The number of hydrogen-bond donors (Lipinski definition) is 1. The molecule has 2 aromatic rings. The Hall–Kier alpha value is -2.01. The third kappa shape index (κ3) is 4.48. The first-order valence-corrected chi connectivity index (χ1v) is 8.46. The van der Waals surface area contributed by atoms with E-state index in [1.54, 1.807) is 25.6 Å². The highest BCUT2D eigenvalue weighted by Gasteiger charge is 2.19. The van der Waals surface area contributed by atoms with E-state index in [4.69, 9.17) is 9.47 Å². The van der Waals surface area contributed by atoms with Crippen molar-refractivity contribution in [3.05, 3.63) is 46.2 Å². The molecule has 4 nitrogen and oxygen atoms in total. The monoisotopic (exact) mass is 333 g/mol. The van der Waals surface area contributed by atoms with E-state index in [1.807, 2.05) is 29.6 Å². The van der Waals surface area contributed by atoms with Crippen LogP contribution in [0.15, 0.2) is 35.7 Å². The predicted octanol–water partition coefficient (Wildman–Crippen LogP) is 3.82. The van der Waals surface area contributed by atoms with Crippen LogP contribution in [0.2, 0.25) is 0 Å². The van der Waals surface area contributed by atoms with Gasteiger partial charge in [-0.3, -0.25) is 4.79 Å². The van der Waals surface area contributed by atoms with E-state index in [1.165, 1.54) is 4.88 Å². The van der Waals surface area contributed by atoms with Crippen LogP contribution in [0.1, 0.15) is 30.3 Å². The maximum atomic E-state index is 12.4. The summed E-state index contributed by atoms with van der Waals surface area (Å²) >= 11 is 1.67. The Balaban J connectivity index is 2.06. The average Bonchev–Trinajstić information content (AvgIpc) is 3.06. The van der Waals surface area contributed by atoms with Crippen molar-refractivity contribution < 1.29 is 14.3 Å². The molecule has 0 saturated carbocycles. The van der Waals surface area contributed by atoms with Crippen molar-refractivity contribution in [3.63, 3.8) is 0 Å². The van der Waals surface area contributed by atoms with Crippen LogP contribution in [0.3, 0.4) is 0 Å². The Bertz CT molecular complexity index is 638. The van der Waals surface area contributed by atoms with E-state index in [2.05, 4.69) is 25.2 Å². The van der Waals surface area contributed by atoms with Gasteiger partial charge in [0, 0.05) is 4.88 Å². The highest BCUT2D eigenvalue weighted by atomic mass is 32.1. The van der Waals surface area contributed by atoms with Crippen molar-refractivity contribution in [2.24, 2.45) is 5.92 Å². The molecule has 1 heterocycles. The van der Waals surface area contributed by atoms with E-state index < -0.39 is 0 Å². The Morgan fingerprint density at radius 1 is 1.17 bits per heavy atom. The minimum absolute atomic E-state index is 0.00400. The Morgan fingerprint density at radius 3 is 2.48 bits per heavy atom. The molecule has 1 aromatic heterocycles. The number of carbonyl (C=O) groups excluding carboxylic acids is 1. The highest BCUT2D eigenvalue weighted by molar-refractivity contribution is 7.10. The van der Waals surface area contributed by atoms with Gasteiger partial charge in [0.2, 0.25) is 5.91 Å². The summed E-state index contributed by atoms with van der Waals surface area (Å²) in [5.41, 5.74) is 0.897. The third-order valence-electron chi connectivity index (χ3n) is 3.65. The van der Waals surface area contributed by atoms with Gasteiger partial charge in [0.1, 0.15) is 0 Å². The summed E-state index contributed by atoms with van der Waals surface area (Å²) in [4.78, 5) is 13.6. The maximum Gasteiger partial charge on any atom is 0.224 e. The van der Waals surface area contributed by atoms with Crippen LogP contribution < -0.4 is 14.8 Å². The van der Waals surface area contributed by atoms with E-state index in [0.717, 1.165) is 5.56 Å². The number of hydrogen-bond acceptors (Lipinski definition) is 4. The minimum atomic E-state index is 0.00400. The fraction of sp³-hybridized carbons (Fsp3) is 0.389. The molecule has 5 heteroatoms. The van der Waals surface area contributed by atoms with Gasteiger partial charge in [0.05, 0.1) is 26.7 Å². The molecule has 0 fully saturated rings.